The fraction of sp³-hybridized carbons (Fsp3) is 0.452. The number of carbonyl (C=O) groups is 1. The SMILES string of the molecule is CCO[C@]12C=CN3C[C@@H](CC)[C@@H](/C(=C\OC)C(=O)OC)C[C@H]3[C@@]1(O)Nc1cc(-c3ccccc3)cc(OC)c12. The van der Waals surface area contributed by atoms with Crippen LogP contribution in [0.15, 0.2) is 66.6 Å². The number of fused-ring (bicyclic) bond motifs is 5. The molecule has 39 heavy (non-hydrogen) atoms. The van der Waals surface area contributed by atoms with Gasteiger partial charge in [0.1, 0.15) is 5.75 Å². The summed E-state index contributed by atoms with van der Waals surface area (Å²) < 4.78 is 22.8. The first-order valence-corrected chi connectivity index (χ1v) is 13.6. The van der Waals surface area contributed by atoms with E-state index >= 15 is 0 Å². The molecule has 0 amide bonds. The van der Waals surface area contributed by atoms with E-state index in [1.165, 1.54) is 20.5 Å². The van der Waals surface area contributed by atoms with Gasteiger partial charge < -0.3 is 34.3 Å². The van der Waals surface area contributed by atoms with E-state index in [9.17, 15) is 9.90 Å². The summed E-state index contributed by atoms with van der Waals surface area (Å²) in [7, 11) is 4.55. The lowest BCUT2D eigenvalue weighted by molar-refractivity contribution is -0.187. The van der Waals surface area contributed by atoms with Crippen LogP contribution in [0.3, 0.4) is 0 Å². The zero-order valence-corrected chi connectivity index (χ0v) is 23.3. The van der Waals surface area contributed by atoms with E-state index in [-0.39, 0.29) is 11.8 Å². The van der Waals surface area contributed by atoms with Crippen molar-refractivity contribution >= 4 is 11.7 Å². The molecule has 8 heteroatoms. The maximum Gasteiger partial charge on any atom is 0.337 e. The van der Waals surface area contributed by atoms with Crippen LogP contribution in [0.2, 0.25) is 0 Å². The van der Waals surface area contributed by atoms with Crippen LogP contribution in [-0.2, 0) is 24.6 Å². The summed E-state index contributed by atoms with van der Waals surface area (Å²) in [5.41, 5.74) is 1.28. The monoisotopic (exact) mass is 534 g/mol. The Hall–Kier alpha value is -3.49. The highest BCUT2D eigenvalue weighted by Crippen LogP contribution is 2.58. The van der Waals surface area contributed by atoms with E-state index in [0.29, 0.717) is 30.9 Å². The fourth-order valence-electron chi connectivity index (χ4n) is 6.74. The molecule has 2 aromatic carbocycles. The molecule has 1 fully saturated rings. The molecule has 8 nitrogen and oxygen atoms in total. The number of rotatable bonds is 8. The quantitative estimate of drug-likeness (QED) is 0.287. The second kappa shape index (κ2) is 10.6. The van der Waals surface area contributed by atoms with E-state index in [0.717, 1.165) is 28.8 Å². The molecule has 208 valence electrons. The number of nitrogens with one attached hydrogen (secondary N) is 1. The molecule has 0 spiro atoms. The van der Waals surface area contributed by atoms with Crippen LogP contribution in [0.5, 0.6) is 5.75 Å². The minimum absolute atomic E-state index is 0.164. The average molecular weight is 535 g/mol. The minimum atomic E-state index is -1.53. The standard InChI is InChI=1S/C31H38N2O6/c1-6-20-18-33-14-13-30(39-7-2)28-25(15-22(16-26(28)37-4)21-11-9-8-10-12-21)32-31(30,35)27(33)17-23(20)24(19-36-3)29(34)38-5/h8-16,19-20,23,27,32,35H,6-7,17-18H2,1-5H3/b24-19+/t20-,23+,27+,30+,31+/m1/s1. The van der Waals surface area contributed by atoms with Crippen molar-refractivity contribution in [1.29, 1.82) is 0 Å². The lowest BCUT2D eigenvalue weighted by Gasteiger charge is -2.56. The Balaban J connectivity index is 1.64. The Morgan fingerprint density at radius 3 is 2.56 bits per heavy atom. The molecule has 5 rings (SSSR count). The van der Waals surface area contributed by atoms with Gasteiger partial charge in [0.05, 0.1) is 44.8 Å². The molecule has 3 aliphatic rings. The van der Waals surface area contributed by atoms with Gasteiger partial charge in [-0.05, 0) is 54.8 Å². The first-order valence-electron chi connectivity index (χ1n) is 13.6. The number of anilines is 1. The Morgan fingerprint density at radius 2 is 1.92 bits per heavy atom. The maximum absolute atomic E-state index is 12.8. The van der Waals surface area contributed by atoms with Crippen molar-refractivity contribution in [2.24, 2.45) is 11.8 Å². The van der Waals surface area contributed by atoms with Crippen LogP contribution >= 0.6 is 0 Å². The van der Waals surface area contributed by atoms with Crippen molar-refractivity contribution in [3.63, 3.8) is 0 Å². The van der Waals surface area contributed by atoms with Gasteiger partial charge in [0, 0.05) is 24.8 Å². The third-order valence-electron chi connectivity index (χ3n) is 8.53. The number of esters is 1. The van der Waals surface area contributed by atoms with Gasteiger partial charge in [0.15, 0.2) is 11.3 Å². The number of nitrogens with zero attached hydrogens (tertiary/aromatic N) is 1. The van der Waals surface area contributed by atoms with Crippen molar-refractivity contribution in [2.45, 2.75) is 44.1 Å². The van der Waals surface area contributed by atoms with E-state index in [4.69, 9.17) is 18.9 Å². The van der Waals surface area contributed by atoms with E-state index in [2.05, 4.69) is 17.1 Å². The lowest BCUT2D eigenvalue weighted by atomic mass is 9.69. The third-order valence-corrected chi connectivity index (χ3v) is 8.53. The van der Waals surface area contributed by atoms with Gasteiger partial charge in [-0.3, -0.25) is 0 Å². The molecule has 3 heterocycles. The summed E-state index contributed by atoms with van der Waals surface area (Å²) >= 11 is 0. The number of benzene rings is 2. The van der Waals surface area contributed by atoms with Crippen molar-refractivity contribution in [2.75, 3.05) is 39.8 Å². The summed E-state index contributed by atoms with van der Waals surface area (Å²) in [4.78, 5) is 15.0. The molecule has 0 saturated carbocycles. The lowest BCUT2D eigenvalue weighted by Crippen LogP contribution is -2.69. The highest BCUT2D eigenvalue weighted by Gasteiger charge is 2.66. The van der Waals surface area contributed by atoms with Gasteiger partial charge in [-0.25, -0.2) is 4.79 Å². The maximum atomic E-state index is 12.8. The highest BCUT2D eigenvalue weighted by atomic mass is 16.5. The van der Waals surface area contributed by atoms with Gasteiger partial charge in [0.25, 0.3) is 0 Å². The summed E-state index contributed by atoms with van der Waals surface area (Å²) in [5, 5.41) is 16.2. The molecule has 1 saturated heterocycles. The molecule has 0 aromatic heterocycles. The molecular formula is C31H38N2O6. The van der Waals surface area contributed by atoms with Crippen LogP contribution in [0.4, 0.5) is 5.69 Å². The zero-order chi connectivity index (χ0) is 27.8. The molecule has 2 N–H and O–H groups in total. The Labute approximate surface area is 230 Å². The molecule has 0 radical (unpaired) electrons. The van der Waals surface area contributed by atoms with Crippen molar-refractivity contribution in [3.8, 4) is 16.9 Å². The molecule has 0 unspecified atom stereocenters. The first-order chi connectivity index (χ1) is 18.9. The summed E-state index contributed by atoms with van der Waals surface area (Å²) in [6.45, 7) is 5.08. The Kier molecular flexibility index (Phi) is 7.35. The average Bonchev–Trinajstić information content (AvgIpc) is 3.23. The van der Waals surface area contributed by atoms with Crippen LogP contribution in [0, 0.1) is 11.8 Å². The van der Waals surface area contributed by atoms with Gasteiger partial charge in [-0.15, -0.1) is 0 Å². The number of methoxy groups -OCH3 is 3. The molecule has 3 aliphatic heterocycles. The largest absolute Gasteiger partial charge is 0.504 e. The minimum Gasteiger partial charge on any atom is -0.504 e. The predicted octanol–water partition coefficient (Wildman–Crippen LogP) is 4.66. The van der Waals surface area contributed by atoms with Gasteiger partial charge in [-0.2, -0.15) is 0 Å². The fourth-order valence-corrected chi connectivity index (χ4v) is 6.74. The highest BCUT2D eigenvalue weighted by molar-refractivity contribution is 5.88. The van der Waals surface area contributed by atoms with Gasteiger partial charge in [0.2, 0.25) is 0 Å². The normalized spacial score (nSPS) is 29.1. The smallest absolute Gasteiger partial charge is 0.337 e. The van der Waals surface area contributed by atoms with Crippen LogP contribution < -0.4 is 10.1 Å². The molecule has 0 aliphatic carbocycles. The summed E-state index contributed by atoms with van der Waals surface area (Å²) in [6, 6.07) is 13.7. The van der Waals surface area contributed by atoms with Crippen LogP contribution in [0.25, 0.3) is 11.1 Å². The number of aliphatic hydroxyl groups is 1. The van der Waals surface area contributed by atoms with E-state index < -0.39 is 23.3 Å². The van der Waals surface area contributed by atoms with Gasteiger partial charge >= 0.3 is 5.97 Å². The Bertz CT molecular complexity index is 1280. The van der Waals surface area contributed by atoms with Crippen molar-refractivity contribution in [3.05, 3.63) is 72.1 Å². The molecular weight excluding hydrogens is 496 g/mol. The van der Waals surface area contributed by atoms with E-state index in [1.54, 1.807) is 7.11 Å². The third kappa shape index (κ3) is 4.17. The van der Waals surface area contributed by atoms with Gasteiger partial charge in [-0.1, -0.05) is 43.7 Å². The van der Waals surface area contributed by atoms with Crippen LogP contribution in [0.1, 0.15) is 32.3 Å². The first kappa shape index (κ1) is 27.1. The van der Waals surface area contributed by atoms with E-state index in [1.807, 2.05) is 61.7 Å². The van der Waals surface area contributed by atoms with Crippen molar-refractivity contribution < 1.29 is 28.8 Å². The number of hydrogen-bond acceptors (Lipinski definition) is 8. The topological polar surface area (TPSA) is 89.5 Å². The number of hydrogen-bond donors (Lipinski definition) is 2. The molecule has 0 bridgehead atoms. The van der Waals surface area contributed by atoms with Crippen molar-refractivity contribution in [1.82, 2.24) is 4.90 Å². The second-order valence-electron chi connectivity index (χ2n) is 10.4. The number of ether oxygens (including phenoxy) is 4. The number of carbonyl (C=O) groups excluding carboxylic acids is 1. The summed E-state index contributed by atoms with van der Waals surface area (Å²) in [5.74, 6) is 0.207. The molecule has 2 aromatic rings. The van der Waals surface area contributed by atoms with Crippen LogP contribution in [-0.4, -0.2) is 62.2 Å². The predicted molar refractivity (Wildman–Crippen MR) is 149 cm³/mol. The summed E-state index contributed by atoms with van der Waals surface area (Å²) in [6.07, 6.45) is 6.83. The number of piperidine rings is 1. The zero-order valence-electron chi connectivity index (χ0n) is 23.3. The Morgan fingerprint density at radius 1 is 1.15 bits per heavy atom. The molecule has 5 atom stereocenters. The second-order valence-corrected chi connectivity index (χ2v) is 10.4.